The quantitative estimate of drug-likeness (QED) is 0.436. The number of fused-ring (bicyclic) bond motifs is 3. The first-order chi connectivity index (χ1) is 14.6. The predicted molar refractivity (Wildman–Crippen MR) is 120 cm³/mol. The lowest BCUT2D eigenvalue weighted by Gasteiger charge is -2.12. The van der Waals surface area contributed by atoms with Crippen molar-refractivity contribution in [1.29, 1.82) is 0 Å². The van der Waals surface area contributed by atoms with Gasteiger partial charge in [0.25, 0.3) is 5.56 Å². The van der Waals surface area contributed by atoms with Crippen LogP contribution in [-0.2, 0) is 6.54 Å². The predicted octanol–water partition coefficient (Wildman–Crippen LogP) is 4.88. The van der Waals surface area contributed by atoms with E-state index in [1.807, 2.05) is 59.0 Å². The van der Waals surface area contributed by atoms with Gasteiger partial charge in [-0.1, -0.05) is 80.6 Å². The minimum Gasteiger partial charge on any atom is -0.272 e. The average molecular weight is 394 g/mol. The summed E-state index contributed by atoms with van der Waals surface area (Å²) < 4.78 is 3.70. The van der Waals surface area contributed by atoms with Gasteiger partial charge in [-0.2, -0.15) is 0 Å². The van der Waals surface area contributed by atoms with Crippen LogP contribution in [0.15, 0.2) is 83.7 Å². The third kappa shape index (κ3) is 2.99. The second kappa shape index (κ2) is 7.26. The largest absolute Gasteiger partial charge is 0.272 e. The van der Waals surface area contributed by atoms with Crippen LogP contribution in [0, 0.1) is 0 Å². The van der Waals surface area contributed by atoms with Crippen LogP contribution in [0.1, 0.15) is 30.9 Å². The van der Waals surface area contributed by atoms with Gasteiger partial charge in [0.05, 0.1) is 17.4 Å². The molecule has 0 spiro atoms. The highest BCUT2D eigenvalue weighted by Crippen LogP contribution is 2.24. The van der Waals surface area contributed by atoms with E-state index >= 15 is 0 Å². The van der Waals surface area contributed by atoms with E-state index in [0.717, 1.165) is 22.5 Å². The number of para-hydroxylation sites is 1. The molecule has 0 unspecified atom stereocenters. The third-order valence-electron chi connectivity index (χ3n) is 5.53. The molecular weight excluding hydrogens is 372 g/mol. The molecule has 5 aromatic rings. The lowest BCUT2D eigenvalue weighted by Crippen LogP contribution is -2.24. The summed E-state index contributed by atoms with van der Waals surface area (Å²) >= 11 is 0. The van der Waals surface area contributed by atoms with Crippen molar-refractivity contribution in [2.75, 3.05) is 0 Å². The van der Waals surface area contributed by atoms with Crippen molar-refractivity contribution in [3.8, 4) is 11.4 Å². The summed E-state index contributed by atoms with van der Waals surface area (Å²) in [6.45, 7) is 4.80. The number of hydrogen-bond acceptors (Lipinski definition) is 3. The normalized spacial score (nSPS) is 11.6. The molecule has 0 aliphatic rings. The van der Waals surface area contributed by atoms with Crippen molar-refractivity contribution in [1.82, 2.24) is 19.2 Å². The summed E-state index contributed by atoms with van der Waals surface area (Å²) in [5.74, 6) is 1.75. The van der Waals surface area contributed by atoms with E-state index in [0.29, 0.717) is 23.6 Å². The van der Waals surface area contributed by atoms with Crippen LogP contribution in [0.25, 0.3) is 28.1 Å². The summed E-state index contributed by atoms with van der Waals surface area (Å²) in [4.78, 5) is 13.3. The van der Waals surface area contributed by atoms with Crippen molar-refractivity contribution >= 4 is 16.7 Å². The Hall–Kier alpha value is -3.73. The van der Waals surface area contributed by atoms with Gasteiger partial charge in [0.2, 0.25) is 5.78 Å². The molecule has 0 atom stereocenters. The Morgan fingerprint density at radius 3 is 2.27 bits per heavy atom. The minimum absolute atomic E-state index is 0.0592. The van der Waals surface area contributed by atoms with Crippen molar-refractivity contribution in [2.24, 2.45) is 0 Å². The van der Waals surface area contributed by atoms with Gasteiger partial charge in [0.15, 0.2) is 5.82 Å². The molecule has 5 rings (SSSR count). The van der Waals surface area contributed by atoms with Gasteiger partial charge in [-0.05, 0) is 29.2 Å². The smallest absolute Gasteiger partial charge is 0.263 e. The minimum atomic E-state index is -0.0592. The molecule has 0 bridgehead atoms. The molecule has 0 aliphatic carbocycles. The fourth-order valence-corrected chi connectivity index (χ4v) is 3.87. The van der Waals surface area contributed by atoms with Crippen molar-refractivity contribution < 1.29 is 0 Å². The second-order valence-electron chi connectivity index (χ2n) is 7.83. The molecule has 148 valence electrons. The molecule has 5 nitrogen and oxygen atoms in total. The van der Waals surface area contributed by atoms with Gasteiger partial charge in [-0.25, -0.2) is 0 Å². The molecule has 2 aromatic heterocycles. The van der Waals surface area contributed by atoms with E-state index in [1.54, 1.807) is 4.57 Å². The lowest BCUT2D eigenvalue weighted by atomic mass is 10.0. The van der Waals surface area contributed by atoms with Crippen LogP contribution in [0.5, 0.6) is 0 Å². The highest BCUT2D eigenvalue weighted by molar-refractivity contribution is 5.82. The first-order valence-electron chi connectivity index (χ1n) is 10.1. The molecule has 2 heterocycles. The van der Waals surface area contributed by atoms with Gasteiger partial charge in [-0.3, -0.25) is 13.8 Å². The number of rotatable bonds is 4. The van der Waals surface area contributed by atoms with E-state index in [-0.39, 0.29) is 5.56 Å². The Morgan fingerprint density at radius 2 is 1.53 bits per heavy atom. The van der Waals surface area contributed by atoms with Crippen LogP contribution >= 0.6 is 0 Å². The zero-order valence-corrected chi connectivity index (χ0v) is 17.0. The summed E-state index contributed by atoms with van der Waals surface area (Å²) in [5, 5.41) is 9.58. The Kier molecular flexibility index (Phi) is 4.43. The molecule has 0 saturated heterocycles. The second-order valence-corrected chi connectivity index (χ2v) is 7.83. The zero-order chi connectivity index (χ0) is 20.7. The molecule has 0 radical (unpaired) electrons. The Balaban J connectivity index is 1.78. The van der Waals surface area contributed by atoms with E-state index in [1.165, 1.54) is 5.56 Å². The first kappa shape index (κ1) is 18.3. The maximum Gasteiger partial charge on any atom is 0.263 e. The molecule has 0 fully saturated rings. The van der Waals surface area contributed by atoms with Gasteiger partial charge >= 0.3 is 0 Å². The molecule has 0 saturated carbocycles. The molecule has 0 amide bonds. The molecule has 3 aromatic carbocycles. The van der Waals surface area contributed by atoms with Crippen LogP contribution in [0.2, 0.25) is 0 Å². The maximum absolute atomic E-state index is 13.3. The van der Waals surface area contributed by atoms with Gasteiger partial charge in [0.1, 0.15) is 0 Å². The Labute approximate surface area is 174 Å². The van der Waals surface area contributed by atoms with Crippen molar-refractivity contribution in [3.05, 3.63) is 100 Å². The van der Waals surface area contributed by atoms with Crippen molar-refractivity contribution in [2.45, 2.75) is 26.3 Å². The van der Waals surface area contributed by atoms with Gasteiger partial charge < -0.3 is 0 Å². The SMILES string of the molecule is CC(C)c1ccc(-c2nnc3n(Cc4ccccc4)c(=O)c4ccccc4n23)cc1. The van der Waals surface area contributed by atoms with Gasteiger partial charge in [0, 0.05) is 5.56 Å². The molecule has 0 N–H and O–H groups in total. The molecule has 30 heavy (non-hydrogen) atoms. The van der Waals surface area contributed by atoms with E-state index in [9.17, 15) is 4.79 Å². The van der Waals surface area contributed by atoms with E-state index in [2.05, 4.69) is 48.3 Å². The van der Waals surface area contributed by atoms with Crippen LogP contribution in [-0.4, -0.2) is 19.2 Å². The summed E-state index contributed by atoms with van der Waals surface area (Å²) in [5.41, 5.74) is 4.05. The topological polar surface area (TPSA) is 52.2 Å². The standard InChI is InChI=1S/C25H22N4O/c1-17(2)19-12-14-20(15-13-19)23-26-27-25-28(16-18-8-4-3-5-9-18)24(30)21-10-6-7-11-22(21)29(23)25/h3-15,17H,16H2,1-2H3. The van der Waals surface area contributed by atoms with E-state index in [4.69, 9.17) is 0 Å². The van der Waals surface area contributed by atoms with Crippen molar-refractivity contribution in [3.63, 3.8) is 0 Å². The molecular formula is C25H22N4O. The monoisotopic (exact) mass is 394 g/mol. The molecule has 0 aliphatic heterocycles. The summed E-state index contributed by atoms with van der Waals surface area (Å²) in [6.07, 6.45) is 0. The van der Waals surface area contributed by atoms with E-state index < -0.39 is 0 Å². The highest BCUT2D eigenvalue weighted by atomic mass is 16.1. The fourth-order valence-electron chi connectivity index (χ4n) is 3.87. The highest BCUT2D eigenvalue weighted by Gasteiger charge is 2.17. The molecule has 5 heteroatoms. The maximum atomic E-state index is 13.3. The van der Waals surface area contributed by atoms with Crippen LogP contribution < -0.4 is 5.56 Å². The third-order valence-corrected chi connectivity index (χ3v) is 5.53. The fraction of sp³-hybridized carbons (Fsp3) is 0.160. The summed E-state index contributed by atoms with van der Waals surface area (Å²) in [6, 6.07) is 26.0. The summed E-state index contributed by atoms with van der Waals surface area (Å²) in [7, 11) is 0. The van der Waals surface area contributed by atoms with Crippen LogP contribution in [0.4, 0.5) is 0 Å². The zero-order valence-electron chi connectivity index (χ0n) is 17.0. The number of aromatic nitrogens is 4. The van der Waals surface area contributed by atoms with Crippen LogP contribution in [0.3, 0.4) is 0 Å². The number of nitrogens with zero attached hydrogens (tertiary/aromatic N) is 4. The number of benzene rings is 3. The Morgan fingerprint density at radius 1 is 0.833 bits per heavy atom. The Bertz CT molecular complexity index is 1400. The first-order valence-corrected chi connectivity index (χ1v) is 10.1. The number of hydrogen-bond donors (Lipinski definition) is 0. The average Bonchev–Trinajstić information content (AvgIpc) is 3.22. The van der Waals surface area contributed by atoms with Gasteiger partial charge in [-0.15, -0.1) is 10.2 Å². The lowest BCUT2D eigenvalue weighted by molar-refractivity contribution is 0.767.